The predicted molar refractivity (Wildman–Crippen MR) is 87.2 cm³/mol. The molecule has 3 rings (SSSR count). The lowest BCUT2D eigenvalue weighted by molar-refractivity contribution is -0.133. The first-order valence-electron chi connectivity index (χ1n) is 7.55. The molecule has 1 aromatic carbocycles. The van der Waals surface area contributed by atoms with E-state index in [1.165, 1.54) is 0 Å². The molecule has 130 valence electrons. The maximum absolute atomic E-state index is 12.2. The van der Waals surface area contributed by atoms with Crippen molar-refractivity contribution < 1.29 is 22.7 Å². The Labute approximate surface area is 144 Å². The minimum Gasteiger partial charge on any atom is -0.492 e. The second-order valence-corrected chi connectivity index (χ2v) is 8.71. The molecule has 2 N–H and O–H groups in total. The summed E-state index contributed by atoms with van der Waals surface area (Å²) in [7, 11) is -3.14. The summed E-state index contributed by atoms with van der Waals surface area (Å²) in [5, 5.41) is 0.564. The van der Waals surface area contributed by atoms with E-state index in [9.17, 15) is 18.0 Å². The minimum atomic E-state index is -3.14. The summed E-state index contributed by atoms with van der Waals surface area (Å²) in [4.78, 5) is 24.1. The van der Waals surface area contributed by atoms with E-state index in [0.29, 0.717) is 17.2 Å². The molecule has 0 aliphatic carbocycles. The molecule has 0 radical (unpaired) electrons. The van der Waals surface area contributed by atoms with Crippen LogP contribution in [0.25, 0.3) is 0 Å². The van der Waals surface area contributed by atoms with Gasteiger partial charge in [0.25, 0.3) is 0 Å². The number of fused-ring (bicyclic) bond motifs is 1. The fourth-order valence-electron chi connectivity index (χ4n) is 2.86. The monoisotopic (exact) mass is 372 g/mol. The molecule has 9 heteroatoms. The van der Waals surface area contributed by atoms with Crippen LogP contribution in [0.3, 0.4) is 0 Å². The van der Waals surface area contributed by atoms with Gasteiger partial charge in [0.15, 0.2) is 9.84 Å². The van der Waals surface area contributed by atoms with Crippen LogP contribution < -0.4 is 15.6 Å². The zero-order valence-corrected chi connectivity index (χ0v) is 14.3. The second kappa shape index (κ2) is 6.60. The van der Waals surface area contributed by atoms with Crippen molar-refractivity contribution >= 4 is 33.3 Å². The van der Waals surface area contributed by atoms with Gasteiger partial charge in [0.1, 0.15) is 12.4 Å². The molecule has 2 aliphatic rings. The first-order valence-corrected chi connectivity index (χ1v) is 9.75. The molecule has 0 spiro atoms. The number of hydrogen-bond acceptors (Lipinski definition) is 5. The number of ether oxygens (including phenoxy) is 1. The van der Waals surface area contributed by atoms with Crippen molar-refractivity contribution in [3.63, 3.8) is 0 Å². The minimum absolute atomic E-state index is 0.00699. The van der Waals surface area contributed by atoms with E-state index >= 15 is 0 Å². The summed E-state index contributed by atoms with van der Waals surface area (Å²) in [5.74, 6) is -1.40. The molecule has 0 saturated carbocycles. The van der Waals surface area contributed by atoms with Crippen molar-refractivity contribution in [2.24, 2.45) is 11.8 Å². The Morgan fingerprint density at radius 1 is 1.17 bits per heavy atom. The Balaban J connectivity index is 1.54. The van der Waals surface area contributed by atoms with E-state index in [4.69, 9.17) is 16.3 Å². The molecule has 2 atom stereocenters. The van der Waals surface area contributed by atoms with Gasteiger partial charge in [-0.1, -0.05) is 11.6 Å². The average molecular weight is 373 g/mol. The average Bonchev–Trinajstić information content (AvgIpc) is 2.91. The fraction of sp³-hybridized carbons (Fsp3) is 0.467. The highest BCUT2D eigenvalue weighted by atomic mass is 35.5. The Kier molecular flexibility index (Phi) is 4.69. The van der Waals surface area contributed by atoms with Gasteiger partial charge >= 0.3 is 0 Å². The summed E-state index contributed by atoms with van der Waals surface area (Å²) >= 11 is 5.94. The van der Waals surface area contributed by atoms with Gasteiger partial charge in [0, 0.05) is 5.02 Å². The lowest BCUT2D eigenvalue weighted by Crippen LogP contribution is -2.49. The normalized spacial score (nSPS) is 24.5. The van der Waals surface area contributed by atoms with Crippen LogP contribution in [0, 0.1) is 11.8 Å². The number of hydrogen-bond donors (Lipinski definition) is 2. The molecule has 0 aromatic heterocycles. The molecule has 24 heavy (non-hydrogen) atoms. The highest BCUT2D eigenvalue weighted by Gasteiger charge is 2.33. The number of rotatable bonds is 2. The standard InChI is InChI=1S/C15H17ClN2O5S/c16-12-1-2-13-10(6-12)5-11(7-23-13)15(20)18-17-14(19)9-3-4-24(21,22)8-9/h1-2,6,9,11H,3-5,7-8H2,(H,17,19)(H,18,20)/t9-,11+/m1/s1. The van der Waals surface area contributed by atoms with Crippen LogP contribution in [0.15, 0.2) is 18.2 Å². The van der Waals surface area contributed by atoms with Gasteiger partial charge in [0.05, 0.1) is 23.3 Å². The maximum atomic E-state index is 12.2. The fourth-order valence-corrected chi connectivity index (χ4v) is 4.80. The van der Waals surface area contributed by atoms with Crippen LogP contribution in [-0.2, 0) is 25.8 Å². The Morgan fingerprint density at radius 2 is 1.88 bits per heavy atom. The largest absolute Gasteiger partial charge is 0.492 e. The first kappa shape index (κ1) is 17.0. The highest BCUT2D eigenvalue weighted by Crippen LogP contribution is 2.29. The van der Waals surface area contributed by atoms with Gasteiger partial charge in [-0.2, -0.15) is 0 Å². The number of carbonyl (C=O) groups excluding carboxylic acids is 2. The third kappa shape index (κ3) is 3.81. The van der Waals surface area contributed by atoms with Crippen molar-refractivity contribution in [2.75, 3.05) is 18.1 Å². The highest BCUT2D eigenvalue weighted by molar-refractivity contribution is 7.91. The van der Waals surface area contributed by atoms with Gasteiger partial charge in [-0.05, 0) is 36.6 Å². The van der Waals surface area contributed by atoms with Crippen molar-refractivity contribution in [1.29, 1.82) is 0 Å². The lowest BCUT2D eigenvalue weighted by Gasteiger charge is -2.25. The zero-order chi connectivity index (χ0) is 17.3. The van der Waals surface area contributed by atoms with E-state index in [1.807, 2.05) is 0 Å². The van der Waals surface area contributed by atoms with Crippen LogP contribution in [0.1, 0.15) is 12.0 Å². The van der Waals surface area contributed by atoms with E-state index in [1.54, 1.807) is 18.2 Å². The number of benzene rings is 1. The molecule has 2 aliphatic heterocycles. The molecular weight excluding hydrogens is 356 g/mol. The van der Waals surface area contributed by atoms with Crippen molar-refractivity contribution in [3.8, 4) is 5.75 Å². The van der Waals surface area contributed by atoms with Gasteiger partial charge in [-0.25, -0.2) is 8.42 Å². The summed E-state index contributed by atoms with van der Waals surface area (Å²) < 4.78 is 28.3. The summed E-state index contributed by atoms with van der Waals surface area (Å²) in [6.07, 6.45) is 0.734. The van der Waals surface area contributed by atoms with E-state index < -0.39 is 27.6 Å². The Morgan fingerprint density at radius 3 is 2.54 bits per heavy atom. The number of nitrogens with one attached hydrogen (secondary N) is 2. The zero-order valence-electron chi connectivity index (χ0n) is 12.7. The quantitative estimate of drug-likeness (QED) is 0.735. The van der Waals surface area contributed by atoms with Crippen LogP contribution in [0.2, 0.25) is 5.02 Å². The molecule has 1 aromatic rings. The van der Waals surface area contributed by atoms with Crippen LogP contribution >= 0.6 is 11.6 Å². The summed E-state index contributed by atoms with van der Waals surface area (Å²) in [5.41, 5.74) is 5.50. The number of carbonyl (C=O) groups is 2. The van der Waals surface area contributed by atoms with E-state index in [2.05, 4.69) is 10.9 Å². The maximum Gasteiger partial charge on any atom is 0.245 e. The van der Waals surface area contributed by atoms with E-state index in [-0.39, 0.29) is 30.4 Å². The molecule has 1 fully saturated rings. The van der Waals surface area contributed by atoms with Crippen LogP contribution in [-0.4, -0.2) is 38.3 Å². The first-order chi connectivity index (χ1) is 11.3. The third-order valence-corrected chi connectivity index (χ3v) is 6.21. The molecule has 2 heterocycles. The van der Waals surface area contributed by atoms with Crippen LogP contribution in [0.4, 0.5) is 0 Å². The smallest absolute Gasteiger partial charge is 0.245 e. The Hall–Kier alpha value is -1.80. The van der Waals surface area contributed by atoms with Crippen molar-refractivity contribution in [3.05, 3.63) is 28.8 Å². The number of hydrazine groups is 1. The molecule has 2 amide bonds. The Bertz CT molecular complexity index is 780. The molecule has 0 unspecified atom stereocenters. The number of amides is 2. The summed E-state index contributed by atoms with van der Waals surface area (Å²) in [6.45, 7) is 0.203. The number of halogens is 1. The van der Waals surface area contributed by atoms with Gasteiger partial charge in [0.2, 0.25) is 11.8 Å². The van der Waals surface area contributed by atoms with Crippen LogP contribution in [0.5, 0.6) is 5.75 Å². The molecule has 7 nitrogen and oxygen atoms in total. The lowest BCUT2D eigenvalue weighted by atomic mass is 9.96. The van der Waals surface area contributed by atoms with Gasteiger partial charge in [-0.3, -0.25) is 20.4 Å². The topological polar surface area (TPSA) is 102 Å². The third-order valence-electron chi connectivity index (χ3n) is 4.21. The van der Waals surface area contributed by atoms with Crippen molar-refractivity contribution in [1.82, 2.24) is 10.9 Å². The van der Waals surface area contributed by atoms with Crippen molar-refractivity contribution in [2.45, 2.75) is 12.8 Å². The molecule has 1 saturated heterocycles. The molecule has 0 bridgehead atoms. The predicted octanol–water partition coefficient (Wildman–Crippen LogP) is 0.473. The SMILES string of the molecule is O=C(NNC(=O)[C@@H]1CCS(=O)(=O)C1)[C@@H]1COc2ccc(Cl)cc2C1. The number of sulfone groups is 1. The van der Waals surface area contributed by atoms with Gasteiger partial charge in [-0.15, -0.1) is 0 Å². The second-order valence-electron chi connectivity index (χ2n) is 6.04. The van der Waals surface area contributed by atoms with Gasteiger partial charge < -0.3 is 4.74 Å². The summed E-state index contributed by atoms with van der Waals surface area (Å²) in [6, 6.07) is 5.23. The molecular formula is C15H17ClN2O5S. The van der Waals surface area contributed by atoms with E-state index in [0.717, 1.165) is 5.56 Å².